The molecule has 0 aromatic carbocycles. The predicted molar refractivity (Wildman–Crippen MR) is 40.3 cm³/mol. The molecule has 0 amide bonds. The summed E-state index contributed by atoms with van der Waals surface area (Å²) in [5, 5.41) is 0. The fourth-order valence-corrected chi connectivity index (χ4v) is 0. The van der Waals surface area contributed by atoms with E-state index in [0.717, 1.165) is 5.66 Å². The van der Waals surface area contributed by atoms with E-state index in [1.54, 1.807) is 0 Å². The molecule has 1 unspecified atom stereocenters. The fraction of sp³-hybridized carbons (Fsp3) is 1.00. The average molecular weight is 204 g/mol. The maximum absolute atomic E-state index is 2.66. The highest BCUT2D eigenvalue weighted by molar-refractivity contribution is 14.0. The Morgan fingerprint density at radius 3 is 1.40 bits per heavy atom. The van der Waals surface area contributed by atoms with Crippen molar-refractivity contribution in [3.63, 3.8) is 0 Å². The zero-order valence-corrected chi connectivity index (χ0v) is 7.05. The highest BCUT2D eigenvalue weighted by atomic mass is 127. The molecule has 34 valence electrons. The van der Waals surface area contributed by atoms with Gasteiger partial charge in [0, 0.05) is 0 Å². The Morgan fingerprint density at radius 1 is 1.40 bits per heavy atom. The molecule has 0 aromatic rings. The molecule has 0 saturated carbocycles. The first-order chi connectivity index (χ1) is 1.73. The number of hydrogen-bond donors (Lipinski definition) is 0. The molecule has 0 spiro atoms. The van der Waals surface area contributed by atoms with E-state index < -0.39 is 0 Å². The first-order valence-electron chi connectivity index (χ1n) is 1.49. The van der Waals surface area contributed by atoms with Gasteiger partial charge in [0.05, 0.1) is 0 Å². The Bertz CT molecular complexity index is 11.6. The van der Waals surface area contributed by atoms with Crippen LogP contribution in [0.2, 0.25) is 0 Å². The van der Waals surface area contributed by atoms with Gasteiger partial charge in [-0.1, -0.05) is 13.8 Å². The van der Waals surface area contributed by atoms with Crippen LogP contribution in [0.1, 0.15) is 13.8 Å². The molecule has 1 atom stereocenters. The Labute approximate surface area is 52.9 Å². The van der Waals surface area contributed by atoms with E-state index in [1.807, 2.05) is 0 Å². The van der Waals surface area contributed by atoms with Gasteiger partial charge in [0.1, 0.15) is 0 Å². The second kappa shape index (κ2) is 5.16. The Morgan fingerprint density at radius 2 is 1.40 bits per heavy atom. The first kappa shape index (κ1) is 9.48. The average Bonchev–Trinajstić information content (AvgIpc) is 0.811. The molecule has 0 aliphatic carbocycles. The summed E-state index contributed by atoms with van der Waals surface area (Å²) in [6, 6.07) is 0. The molecule has 0 nitrogen and oxygen atoms in total. The van der Waals surface area contributed by atoms with Crippen LogP contribution in [0.15, 0.2) is 0 Å². The minimum absolute atomic E-state index is 0. The summed E-state index contributed by atoms with van der Waals surface area (Å²) in [6.45, 7) is 4.26. The molecule has 0 heterocycles. The first-order valence-corrected chi connectivity index (χ1v) is 2.15. The molecule has 5 heavy (non-hydrogen) atoms. The lowest BCUT2D eigenvalue weighted by Crippen LogP contribution is -1.69. The van der Waals surface area contributed by atoms with Crippen molar-refractivity contribution in [3.8, 4) is 0 Å². The van der Waals surface area contributed by atoms with Gasteiger partial charge in [-0.05, 0) is 5.66 Å². The maximum Gasteiger partial charge on any atom is -0.0321 e. The van der Waals surface area contributed by atoms with Crippen LogP contribution in [0.3, 0.4) is 0 Å². The van der Waals surface area contributed by atoms with Crippen molar-refractivity contribution in [2.24, 2.45) is 0 Å². The van der Waals surface area contributed by atoms with Gasteiger partial charge < -0.3 is 0 Å². The zero-order chi connectivity index (χ0) is 3.58. The lowest BCUT2D eigenvalue weighted by Gasteiger charge is -1.79. The molecule has 0 N–H and O–H groups in total. The van der Waals surface area contributed by atoms with Gasteiger partial charge in [-0.3, -0.25) is 0 Å². The van der Waals surface area contributed by atoms with Crippen molar-refractivity contribution in [1.29, 1.82) is 0 Å². The van der Waals surface area contributed by atoms with Crippen molar-refractivity contribution in [2.75, 3.05) is 0 Å². The Kier molecular flexibility index (Phi) is 9.78. The molecule has 0 saturated heterocycles. The summed E-state index contributed by atoms with van der Waals surface area (Å²) in [5.74, 6) is 0. The minimum Gasteiger partial charge on any atom is -0.135 e. The molecule has 0 aliphatic rings. The summed E-state index contributed by atoms with van der Waals surface area (Å²) < 4.78 is 0. The van der Waals surface area contributed by atoms with E-state index in [1.165, 1.54) is 0 Å². The molecule has 0 aliphatic heterocycles. The molecule has 0 aromatic heterocycles. The van der Waals surface area contributed by atoms with Gasteiger partial charge >= 0.3 is 0 Å². The summed E-state index contributed by atoms with van der Waals surface area (Å²) >= 11 is 0. The smallest absolute Gasteiger partial charge is 0.0321 e. The third-order valence-electron chi connectivity index (χ3n) is 0. The monoisotopic (exact) mass is 204 g/mol. The number of rotatable bonds is 0. The molecule has 2 heteroatoms. The van der Waals surface area contributed by atoms with Crippen molar-refractivity contribution in [3.05, 3.63) is 0 Å². The molecular formula is C3H10IP. The van der Waals surface area contributed by atoms with Crippen molar-refractivity contribution in [2.45, 2.75) is 19.5 Å². The van der Waals surface area contributed by atoms with E-state index in [0.29, 0.717) is 0 Å². The van der Waals surface area contributed by atoms with Crippen LogP contribution >= 0.6 is 33.2 Å². The number of halogens is 1. The van der Waals surface area contributed by atoms with Crippen LogP contribution < -0.4 is 0 Å². The van der Waals surface area contributed by atoms with Gasteiger partial charge in [-0.2, -0.15) is 0 Å². The van der Waals surface area contributed by atoms with Crippen LogP contribution in [0.25, 0.3) is 0 Å². The Balaban J connectivity index is 0. The van der Waals surface area contributed by atoms with Crippen molar-refractivity contribution >= 4 is 33.2 Å². The van der Waals surface area contributed by atoms with Crippen molar-refractivity contribution < 1.29 is 0 Å². The van der Waals surface area contributed by atoms with Gasteiger partial charge in [0.15, 0.2) is 0 Å². The standard InChI is InChI=1S/C3H9P.HI/c1-3(2)4;/h3H,4H2,1-2H3;1H. The predicted octanol–water partition coefficient (Wildman–Crippen LogP) is 1.89. The van der Waals surface area contributed by atoms with Crippen LogP contribution in [0.4, 0.5) is 0 Å². The fourth-order valence-electron chi connectivity index (χ4n) is 0. The highest BCUT2D eigenvalue weighted by Gasteiger charge is 1.68. The maximum atomic E-state index is 2.66. The third kappa shape index (κ3) is 38.3. The van der Waals surface area contributed by atoms with Gasteiger partial charge in [0.25, 0.3) is 0 Å². The number of hydrogen-bond acceptors (Lipinski definition) is 0. The molecule has 0 radical (unpaired) electrons. The van der Waals surface area contributed by atoms with Gasteiger partial charge in [0.2, 0.25) is 0 Å². The van der Waals surface area contributed by atoms with Crippen LogP contribution in [-0.2, 0) is 0 Å². The quantitative estimate of drug-likeness (QED) is 0.417. The zero-order valence-electron chi connectivity index (χ0n) is 3.56. The van der Waals surface area contributed by atoms with Crippen LogP contribution in [0.5, 0.6) is 0 Å². The Hall–Kier alpha value is 1.16. The summed E-state index contributed by atoms with van der Waals surface area (Å²) in [5.41, 5.74) is 0.750. The van der Waals surface area contributed by atoms with Gasteiger partial charge in [-0.25, -0.2) is 0 Å². The van der Waals surface area contributed by atoms with Crippen molar-refractivity contribution in [1.82, 2.24) is 0 Å². The normalized spacial score (nSPS) is 7.20. The third-order valence-corrected chi connectivity index (χ3v) is 0. The summed E-state index contributed by atoms with van der Waals surface area (Å²) in [4.78, 5) is 0. The highest BCUT2D eigenvalue weighted by Crippen LogP contribution is 1.90. The second-order valence-electron chi connectivity index (χ2n) is 1.24. The second-order valence-corrected chi connectivity index (χ2v) is 2.58. The lowest BCUT2D eigenvalue weighted by molar-refractivity contribution is 1.12. The molecule has 0 fully saturated rings. The topological polar surface area (TPSA) is 0 Å². The molecular weight excluding hydrogens is 194 g/mol. The van der Waals surface area contributed by atoms with Crippen LogP contribution in [0, 0.1) is 0 Å². The van der Waals surface area contributed by atoms with E-state index >= 15 is 0 Å². The SMILES string of the molecule is CC(C)P.I. The van der Waals surface area contributed by atoms with E-state index in [9.17, 15) is 0 Å². The molecule has 0 bridgehead atoms. The van der Waals surface area contributed by atoms with E-state index in [2.05, 4.69) is 23.1 Å². The minimum atomic E-state index is 0. The molecule has 0 rings (SSSR count). The lowest BCUT2D eigenvalue weighted by atomic mass is 10.6. The van der Waals surface area contributed by atoms with Crippen LogP contribution in [-0.4, -0.2) is 5.66 Å². The van der Waals surface area contributed by atoms with Gasteiger partial charge in [-0.15, -0.1) is 33.2 Å². The van der Waals surface area contributed by atoms with E-state index in [4.69, 9.17) is 0 Å². The van der Waals surface area contributed by atoms with E-state index in [-0.39, 0.29) is 24.0 Å². The summed E-state index contributed by atoms with van der Waals surface area (Å²) in [6.07, 6.45) is 0. The largest absolute Gasteiger partial charge is 0.135 e. The summed E-state index contributed by atoms with van der Waals surface area (Å²) in [7, 11) is 2.66.